The smallest absolute Gasteiger partial charge is 0.330 e. The molecule has 0 unspecified atom stereocenters. The van der Waals surface area contributed by atoms with E-state index in [4.69, 9.17) is 12.2 Å². The minimum absolute atomic E-state index is 0. The van der Waals surface area contributed by atoms with Gasteiger partial charge in [-0.1, -0.05) is 18.1 Å². The molecule has 1 saturated carbocycles. The second-order valence-corrected chi connectivity index (χ2v) is 8.00. The van der Waals surface area contributed by atoms with Crippen LogP contribution in [0.3, 0.4) is 0 Å². The molecule has 1 aliphatic heterocycles. The monoisotopic (exact) mass is 475 g/mol. The van der Waals surface area contributed by atoms with E-state index in [1.807, 2.05) is 12.1 Å². The summed E-state index contributed by atoms with van der Waals surface area (Å²) < 4.78 is 40.3. The Kier molecular flexibility index (Phi) is 8.04. The Bertz CT molecular complexity index is 930. The summed E-state index contributed by atoms with van der Waals surface area (Å²) in [6, 6.07) is 8.35. The molecule has 1 fully saturated rings. The van der Waals surface area contributed by atoms with Gasteiger partial charge in [-0.2, -0.15) is 13.2 Å². The summed E-state index contributed by atoms with van der Waals surface area (Å²) in [5.41, 5.74) is 8.14. The standard InChI is InChI=1S/C21H24F3N5.2ClH/c1-2-15-4-3-5-16(12-15)20(14-25)8-6-17(7-9-20)28-10-11-29-18(13-28)26-27-19(29)21(22,23)24;;/h1,3-5,12,17H,6-11,13-14,25H2;2*1H. The van der Waals surface area contributed by atoms with Crippen LogP contribution in [-0.4, -0.2) is 38.8 Å². The molecule has 0 saturated heterocycles. The lowest BCUT2D eigenvalue weighted by molar-refractivity contribution is -0.148. The van der Waals surface area contributed by atoms with Crippen molar-refractivity contribution in [3.8, 4) is 12.3 Å². The number of hydrogen-bond donors (Lipinski definition) is 1. The van der Waals surface area contributed by atoms with Crippen molar-refractivity contribution < 1.29 is 13.2 Å². The van der Waals surface area contributed by atoms with Crippen LogP contribution < -0.4 is 5.73 Å². The van der Waals surface area contributed by atoms with E-state index in [9.17, 15) is 13.2 Å². The van der Waals surface area contributed by atoms with Crippen LogP contribution in [0.25, 0.3) is 0 Å². The van der Waals surface area contributed by atoms with E-state index in [2.05, 4.69) is 33.2 Å². The highest BCUT2D eigenvalue weighted by atomic mass is 35.5. The minimum Gasteiger partial charge on any atom is -0.330 e. The average Bonchev–Trinajstić information content (AvgIpc) is 3.17. The quantitative estimate of drug-likeness (QED) is 0.686. The van der Waals surface area contributed by atoms with Gasteiger partial charge in [0.2, 0.25) is 5.82 Å². The molecule has 2 heterocycles. The van der Waals surface area contributed by atoms with Gasteiger partial charge in [-0.05, 0) is 43.4 Å². The average molecular weight is 476 g/mol. The molecule has 1 aliphatic carbocycles. The van der Waals surface area contributed by atoms with Gasteiger partial charge in [0.05, 0.1) is 6.54 Å². The molecule has 4 rings (SSSR count). The predicted molar refractivity (Wildman–Crippen MR) is 117 cm³/mol. The lowest BCUT2D eigenvalue weighted by atomic mass is 9.67. The number of hydrogen-bond acceptors (Lipinski definition) is 4. The van der Waals surface area contributed by atoms with Crippen molar-refractivity contribution >= 4 is 24.8 Å². The zero-order valence-corrected chi connectivity index (χ0v) is 18.6. The molecule has 0 bridgehead atoms. The molecule has 0 atom stereocenters. The lowest BCUT2D eigenvalue weighted by Gasteiger charge is -2.44. The molecule has 0 spiro atoms. The number of terminal acetylenes is 1. The van der Waals surface area contributed by atoms with Gasteiger partial charge in [-0.3, -0.25) is 4.90 Å². The topological polar surface area (TPSA) is 60.0 Å². The number of benzene rings is 1. The fourth-order valence-electron chi connectivity index (χ4n) is 4.77. The van der Waals surface area contributed by atoms with Crippen molar-refractivity contribution in [3.05, 3.63) is 47.0 Å². The molecule has 1 aromatic carbocycles. The van der Waals surface area contributed by atoms with Crippen LogP contribution in [-0.2, 0) is 24.7 Å². The second kappa shape index (κ2) is 9.78. The third-order valence-electron chi connectivity index (χ3n) is 6.50. The van der Waals surface area contributed by atoms with Crippen molar-refractivity contribution in [2.45, 2.75) is 56.4 Å². The van der Waals surface area contributed by atoms with Crippen LogP contribution in [0.5, 0.6) is 0 Å². The van der Waals surface area contributed by atoms with Crippen LogP contribution >= 0.6 is 24.8 Å². The van der Waals surface area contributed by atoms with Gasteiger partial charge < -0.3 is 10.3 Å². The van der Waals surface area contributed by atoms with Gasteiger partial charge in [-0.15, -0.1) is 41.4 Å². The van der Waals surface area contributed by atoms with E-state index in [0.29, 0.717) is 31.5 Å². The number of rotatable bonds is 3. The first kappa shape index (κ1) is 25.5. The van der Waals surface area contributed by atoms with Crippen LogP contribution in [0.4, 0.5) is 13.2 Å². The first-order chi connectivity index (χ1) is 13.9. The van der Waals surface area contributed by atoms with E-state index >= 15 is 0 Å². The first-order valence-electron chi connectivity index (χ1n) is 9.87. The van der Waals surface area contributed by atoms with E-state index in [1.165, 1.54) is 10.1 Å². The van der Waals surface area contributed by atoms with Crippen LogP contribution in [0.15, 0.2) is 24.3 Å². The van der Waals surface area contributed by atoms with Crippen molar-refractivity contribution in [3.63, 3.8) is 0 Å². The highest BCUT2D eigenvalue weighted by Gasteiger charge is 2.41. The number of aromatic nitrogens is 3. The number of halogens is 5. The molecular formula is C21H26Cl2F3N5. The van der Waals surface area contributed by atoms with Crippen LogP contribution in [0.1, 0.15) is 48.5 Å². The Balaban J connectivity index is 0.00000171. The highest BCUT2D eigenvalue weighted by Crippen LogP contribution is 2.41. The van der Waals surface area contributed by atoms with Crippen molar-refractivity contribution in [1.29, 1.82) is 0 Å². The predicted octanol–water partition coefficient (Wildman–Crippen LogP) is 3.78. The van der Waals surface area contributed by atoms with E-state index in [-0.39, 0.29) is 36.8 Å². The highest BCUT2D eigenvalue weighted by molar-refractivity contribution is 5.85. The number of nitrogens with zero attached hydrogens (tertiary/aromatic N) is 4. The van der Waals surface area contributed by atoms with Crippen LogP contribution in [0.2, 0.25) is 0 Å². The van der Waals surface area contributed by atoms with Crippen molar-refractivity contribution in [1.82, 2.24) is 19.7 Å². The van der Waals surface area contributed by atoms with Gasteiger partial charge in [-0.25, -0.2) is 0 Å². The fourth-order valence-corrected chi connectivity index (χ4v) is 4.77. The summed E-state index contributed by atoms with van der Waals surface area (Å²) in [4.78, 5) is 2.24. The van der Waals surface area contributed by atoms with Crippen LogP contribution in [0, 0.1) is 12.3 Å². The summed E-state index contributed by atoms with van der Waals surface area (Å²) in [5.74, 6) is 2.18. The third-order valence-corrected chi connectivity index (χ3v) is 6.50. The summed E-state index contributed by atoms with van der Waals surface area (Å²) in [6.45, 7) is 1.79. The van der Waals surface area contributed by atoms with E-state index in [1.54, 1.807) is 0 Å². The van der Waals surface area contributed by atoms with E-state index < -0.39 is 12.0 Å². The number of alkyl halides is 3. The fraction of sp³-hybridized carbons (Fsp3) is 0.524. The third kappa shape index (κ3) is 4.85. The number of fused-ring (bicyclic) bond motifs is 1. The molecule has 5 nitrogen and oxygen atoms in total. The second-order valence-electron chi connectivity index (χ2n) is 8.00. The Labute approximate surface area is 192 Å². The van der Waals surface area contributed by atoms with Gasteiger partial charge in [0, 0.05) is 36.7 Å². The molecule has 2 aromatic rings. The molecule has 2 aliphatic rings. The maximum atomic E-state index is 13.0. The summed E-state index contributed by atoms with van der Waals surface area (Å²) in [7, 11) is 0. The summed E-state index contributed by atoms with van der Waals surface area (Å²) in [5, 5.41) is 7.16. The minimum atomic E-state index is -4.47. The Hall–Kier alpha value is -1.79. The first-order valence-corrected chi connectivity index (χ1v) is 9.87. The van der Waals surface area contributed by atoms with E-state index in [0.717, 1.165) is 31.2 Å². The molecule has 1 aromatic heterocycles. The van der Waals surface area contributed by atoms with Gasteiger partial charge >= 0.3 is 6.18 Å². The molecule has 31 heavy (non-hydrogen) atoms. The molecular weight excluding hydrogens is 450 g/mol. The summed E-state index contributed by atoms with van der Waals surface area (Å²) in [6.07, 6.45) is 4.83. The van der Waals surface area contributed by atoms with Gasteiger partial charge in [0.15, 0.2) is 0 Å². The molecule has 170 valence electrons. The van der Waals surface area contributed by atoms with Gasteiger partial charge in [0.25, 0.3) is 0 Å². The molecule has 2 N–H and O–H groups in total. The SMILES string of the molecule is C#Cc1cccc(C2(CN)CCC(N3CCn4c(nnc4C(F)(F)F)C3)CC2)c1.Cl.Cl. The van der Waals surface area contributed by atoms with Crippen molar-refractivity contribution in [2.75, 3.05) is 13.1 Å². The Morgan fingerprint density at radius 1 is 1.16 bits per heavy atom. The molecule has 0 radical (unpaired) electrons. The Morgan fingerprint density at radius 3 is 2.48 bits per heavy atom. The van der Waals surface area contributed by atoms with Crippen molar-refractivity contribution in [2.24, 2.45) is 5.73 Å². The normalized spacial score (nSPS) is 23.8. The molecule has 10 heteroatoms. The maximum Gasteiger partial charge on any atom is 0.451 e. The number of nitrogens with two attached hydrogens (primary N) is 1. The van der Waals surface area contributed by atoms with Gasteiger partial charge in [0.1, 0.15) is 5.82 Å². The molecule has 0 amide bonds. The summed E-state index contributed by atoms with van der Waals surface area (Å²) >= 11 is 0. The zero-order valence-electron chi connectivity index (χ0n) is 16.9. The Morgan fingerprint density at radius 2 is 1.87 bits per heavy atom. The lowest BCUT2D eigenvalue weighted by Crippen LogP contribution is -2.47. The maximum absolute atomic E-state index is 13.0. The largest absolute Gasteiger partial charge is 0.451 e. The zero-order chi connectivity index (χ0) is 20.6.